The van der Waals surface area contributed by atoms with Gasteiger partial charge in [0.1, 0.15) is 0 Å². The third-order valence-electron chi connectivity index (χ3n) is 2.88. The molecule has 1 amide bonds. The number of anilines is 1. The Hall–Kier alpha value is -2.36. The molecule has 0 fully saturated rings. The molecule has 1 aliphatic heterocycles. The van der Waals surface area contributed by atoms with Crippen molar-refractivity contribution in [3.63, 3.8) is 0 Å². The number of hydrogen-bond donors (Lipinski definition) is 1. The molecule has 1 aromatic carbocycles. The first-order valence-electron chi connectivity index (χ1n) is 5.32. The summed E-state index contributed by atoms with van der Waals surface area (Å²) in [6.07, 6.45) is 4.55. The number of amides is 1. The van der Waals surface area contributed by atoms with Crippen LogP contribution in [-0.4, -0.2) is 22.7 Å². The van der Waals surface area contributed by atoms with Gasteiger partial charge in [-0.1, -0.05) is 24.3 Å². The fourth-order valence-electron chi connectivity index (χ4n) is 2.11. The average molecular weight is 226 g/mol. The Morgan fingerprint density at radius 2 is 2.24 bits per heavy atom. The second-order valence-electron chi connectivity index (χ2n) is 3.87. The highest BCUT2D eigenvalue weighted by molar-refractivity contribution is 5.99. The van der Waals surface area contributed by atoms with Crippen molar-refractivity contribution in [3.8, 4) is 0 Å². The summed E-state index contributed by atoms with van der Waals surface area (Å²) in [5, 5.41) is 10.1. The lowest BCUT2D eigenvalue weighted by Crippen LogP contribution is -2.31. The van der Waals surface area contributed by atoms with Crippen LogP contribution in [0.15, 0.2) is 36.5 Å². The summed E-state index contributed by atoms with van der Waals surface area (Å²) in [6.45, 7) is 0.390. The molecule has 0 aliphatic carbocycles. The summed E-state index contributed by atoms with van der Waals surface area (Å²) >= 11 is 0. The fraction of sp³-hybridized carbons (Fsp3) is 0.0769. The molecule has 0 unspecified atom stereocenters. The monoisotopic (exact) mass is 226 g/mol. The molecule has 0 saturated carbocycles. The van der Waals surface area contributed by atoms with Crippen LogP contribution in [-0.2, 0) is 0 Å². The number of rotatable bonds is 0. The summed E-state index contributed by atoms with van der Waals surface area (Å²) in [5.74, 6) is 0. The Morgan fingerprint density at radius 1 is 1.35 bits per heavy atom. The van der Waals surface area contributed by atoms with Crippen LogP contribution >= 0.6 is 0 Å². The van der Waals surface area contributed by atoms with E-state index >= 15 is 0 Å². The first kappa shape index (κ1) is 9.84. The van der Waals surface area contributed by atoms with Crippen LogP contribution in [0, 0.1) is 0 Å². The van der Waals surface area contributed by atoms with Crippen molar-refractivity contribution in [2.75, 3.05) is 11.4 Å². The minimum atomic E-state index is -0.939. The van der Waals surface area contributed by atoms with E-state index in [1.165, 1.54) is 4.90 Å². The second kappa shape index (κ2) is 3.59. The van der Waals surface area contributed by atoms with Crippen molar-refractivity contribution in [1.82, 2.24) is 4.98 Å². The third kappa shape index (κ3) is 1.45. The normalized spacial score (nSPS) is 13.8. The van der Waals surface area contributed by atoms with Crippen molar-refractivity contribution in [2.45, 2.75) is 0 Å². The van der Waals surface area contributed by atoms with Crippen LogP contribution in [0.4, 0.5) is 10.5 Å². The molecular weight excluding hydrogens is 216 g/mol. The van der Waals surface area contributed by atoms with E-state index < -0.39 is 6.09 Å². The predicted molar refractivity (Wildman–Crippen MR) is 66.1 cm³/mol. The topological polar surface area (TPSA) is 53.4 Å². The molecule has 4 heteroatoms. The number of nitrogens with zero attached hydrogens (tertiary/aromatic N) is 2. The van der Waals surface area contributed by atoms with Gasteiger partial charge in [-0.2, -0.15) is 0 Å². The van der Waals surface area contributed by atoms with Crippen molar-refractivity contribution >= 4 is 28.8 Å². The van der Waals surface area contributed by atoms with Crippen LogP contribution in [0.1, 0.15) is 5.56 Å². The number of fused-ring (bicyclic) bond motifs is 3. The lowest BCUT2D eigenvalue weighted by Gasteiger charge is -2.23. The molecule has 1 aromatic heterocycles. The summed E-state index contributed by atoms with van der Waals surface area (Å²) in [4.78, 5) is 16.8. The highest BCUT2D eigenvalue weighted by Gasteiger charge is 2.20. The number of carbonyl (C=O) groups is 1. The van der Waals surface area contributed by atoms with E-state index in [0.717, 1.165) is 16.5 Å². The van der Waals surface area contributed by atoms with Gasteiger partial charge < -0.3 is 5.11 Å². The Kier molecular flexibility index (Phi) is 2.08. The van der Waals surface area contributed by atoms with E-state index in [0.29, 0.717) is 12.2 Å². The van der Waals surface area contributed by atoms with Gasteiger partial charge in [0.05, 0.1) is 11.2 Å². The average Bonchev–Trinajstić information content (AvgIpc) is 2.37. The van der Waals surface area contributed by atoms with Crippen LogP contribution in [0.2, 0.25) is 0 Å². The molecule has 2 heterocycles. The van der Waals surface area contributed by atoms with E-state index in [4.69, 9.17) is 5.11 Å². The Morgan fingerprint density at radius 3 is 3.06 bits per heavy atom. The van der Waals surface area contributed by atoms with E-state index in [1.807, 2.05) is 36.4 Å². The summed E-state index contributed by atoms with van der Waals surface area (Å²) in [7, 11) is 0. The number of aromatic nitrogens is 1. The maximum absolute atomic E-state index is 11.1. The molecule has 1 N–H and O–H groups in total. The van der Waals surface area contributed by atoms with Gasteiger partial charge in [0.2, 0.25) is 0 Å². The number of hydrogen-bond acceptors (Lipinski definition) is 2. The standard InChI is InChI=1S/C13H10N2O2/c16-13(17)15-8-2-4-10-11(15)6-5-9-3-1-7-14-12(9)10/h1-7H,8H2,(H,16,17). The molecule has 0 bridgehead atoms. The largest absolute Gasteiger partial charge is 0.465 e. The molecule has 1 aliphatic rings. The van der Waals surface area contributed by atoms with Crippen molar-refractivity contribution in [3.05, 3.63) is 42.1 Å². The van der Waals surface area contributed by atoms with Crippen LogP contribution in [0.25, 0.3) is 17.0 Å². The summed E-state index contributed by atoms with van der Waals surface area (Å²) in [5.41, 5.74) is 2.41. The van der Waals surface area contributed by atoms with Crippen LogP contribution in [0.5, 0.6) is 0 Å². The summed E-state index contributed by atoms with van der Waals surface area (Å²) < 4.78 is 0. The molecule has 0 atom stereocenters. The van der Waals surface area contributed by atoms with Crippen LogP contribution in [0.3, 0.4) is 0 Å². The van der Waals surface area contributed by atoms with Gasteiger partial charge in [-0.25, -0.2) is 4.79 Å². The highest BCUT2D eigenvalue weighted by atomic mass is 16.4. The van der Waals surface area contributed by atoms with Gasteiger partial charge in [0.25, 0.3) is 0 Å². The van der Waals surface area contributed by atoms with Gasteiger partial charge in [-0.05, 0) is 12.1 Å². The summed E-state index contributed by atoms with van der Waals surface area (Å²) in [6, 6.07) is 7.57. The lowest BCUT2D eigenvalue weighted by molar-refractivity contribution is 0.202. The highest BCUT2D eigenvalue weighted by Crippen LogP contribution is 2.31. The zero-order valence-corrected chi connectivity index (χ0v) is 9.00. The Bertz CT molecular complexity index is 634. The fourth-order valence-corrected chi connectivity index (χ4v) is 2.11. The molecule has 0 spiro atoms. The zero-order chi connectivity index (χ0) is 11.8. The first-order valence-corrected chi connectivity index (χ1v) is 5.32. The van der Waals surface area contributed by atoms with Gasteiger partial charge in [0, 0.05) is 23.7 Å². The maximum Gasteiger partial charge on any atom is 0.412 e. The van der Waals surface area contributed by atoms with E-state index in [9.17, 15) is 4.79 Å². The molecular formula is C13H10N2O2. The third-order valence-corrected chi connectivity index (χ3v) is 2.88. The van der Waals surface area contributed by atoms with E-state index in [2.05, 4.69) is 4.98 Å². The van der Waals surface area contributed by atoms with Gasteiger partial charge >= 0.3 is 6.09 Å². The molecule has 3 rings (SSSR count). The maximum atomic E-state index is 11.1. The molecule has 4 nitrogen and oxygen atoms in total. The lowest BCUT2D eigenvalue weighted by atomic mass is 10.0. The molecule has 0 radical (unpaired) electrons. The Balaban J connectivity index is 2.31. The van der Waals surface area contributed by atoms with Crippen molar-refractivity contribution in [2.24, 2.45) is 0 Å². The number of benzene rings is 1. The van der Waals surface area contributed by atoms with Crippen molar-refractivity contribution in [1.29, 1.82) is 0 Å². The quantitative estimate of drug-likeness (QED) is 0.751. The first-order chi connectivity index (χ1) is 8.27. The second-order valence-corrected chi connectivity index (χ2v) is 3.87. The molecule has 2 aromatic rings. The van der Waals surface area contributed by atoms with Crippen molar-refractivity contribution < 1.29 is 9.90 Å². The number of carboxylic acid groups (broad SMARTS) is 1. The number of pyridine rings is 1. The smallest absolute Gasteiger partial charge is 0.412 e. The van der Waals surface area contributed by atoms with Gasteiger partial charge in [-0.15, -0.1) is 0 Å². The predicted octanol–water partition coefficient (Wildman–Crippen LogP) is 2.75. The molecule has 17 heavy (non-hydrogen) atoms. The molecule has 84 valence electrons. The zero-order valence-electron chi connectivity index (χ0n) is 9.00. The van der Waals surface area contributed by atoms with Gasteiger partial charge in [-0.3, -0.25) is 9.88 Å². The van der Waals surface area contributed by atoms with Crippen LogP contribution < -0.4 is 4.90 Å². The van der Waals surface area contributed by atoms with Gasteiger partial charge in [0.15, 0.2) is 0 Å². The van der Waals surface area contributed by atoms with E-state index in [1.54, 1.807) is 6.20 Å². The SMILES string of the molecule is O=C(O)N1CC=Cc2c1ccc1cccnc21. The minimum absolute atomic E-state index is 0.390. The Labute approximate surface area is 97.8 Å². The minimum Gasteiger partial charge on any atom is -0.465 e. The van der Waals surface area contributed by atoms with E-state index in [-0.39, 0.29) is 0 Å². The molecule has 0 saturated heterocycles.